The smallest absolute Gasteiger partial charge is 0.134 e. The molecule has 1 N–H and O–H groups in total. The van der Waals surface area contributed by atoms with Crippen molar-refractivity contribution in [3.8, 4) is 9.88 Å². The van der Waals surface area contributed by atoms with Gasteiger partial charge in [0, 0.05) is 10.9 Å². The van der Waals surface area contributed by atoms with Crippen LogP contribution in [0.4, 0.5) is 0 Å². The first-order valence-corrected chi connectivity index (χ1v) is 7.02. The van der Waals surface area contributed by atoms with Crippen LogP contribution < -0.4 is 5.32 Å². The van der Waals surface area contributed by atoms with Crippen LogP contribution in [0.5, 0.6) is 0 Å². The molecule has 0 saturated carbocycles. The van der Waals surface area contributed by atoms with E-state index in [9.17, 15) is 0 Å². The highest BCUT2D eigenvalue weighted by Crippen LogP contribution is 2.35. The van der Waals surface area contributed by atoms with Gasteiger partial charge < -0.3 is 5.32 Å². The summed E-state index contributed by atoms with van der Waals surface area (Å²) in [5, 5.41) is 6.55. The summed E-state index contributed by atoms with van der Waals surface area (Å²) in [6.07, 6.45) is 0. The highest BCUT2D eigenvalue weighted by atomic mass is 32.1. The van der Waals surface area contributed by atoms with E-state index in [1.54, 1.807) is 22.7 Å². The first-order valence-electron chi connectivity index (χ1n) is 5.32. The Kier molecular flexibility index (Phi) is 3.42. The Balaban J connectivity index is 2.42. The summed E-state index contributed by atoms with van der Waals surface area (Å²) in [6.45, 7) is 6.40. The summed E-state index contributed by atoms with van der Waals surface area (Å²) in [4.78, 5) is 7.32. The molecule has 0 spiro atoms. The van der Waals surface area contributed by atoms with Gasteiger partial charge in [-0.1, -0.05) is 0 Å². The fourth-order valence-corrected chi connectivity index (χ4v) is 3.84. The second kappa shape index (κ2) is 4.65. The van der Waals surface area contributed by atoms with Crippen molar-refractivity contribution in [3.05, 3.63) is 27.6 Å². The van der Waals surface area contributed by atoms with E-state index in [2.05, 4.69) is 42.5 Å². The summed E-state index contributed by atoms with van der Waals surface area (Å²) >= 11 is 3.57. The molecule has 0 radical (unpaired) electrons. The number of aromatic nitrogens is 1. The molecule has 16 heavy (non-hydrogen) atoms. The maximum absolute atomic E-state index is 4.67. The van der Waals surface area contributed by atoms with Crippen LogP contribution in [-0.4, -0.2) is 12.0 Å². The van der Waals surface area contributed by atoms with Crippen molar-refractivity contribution in [3.63, 3.8) is 0 Å². The molecule has 2 nitrogen and oxygen atoms in total. The lowest BCUT2D eigenvalue weighted by Crippen LogP contribution is -2.11. The minimum absolute atomic E-state index is 0.381. The Morgan fingerprint density at radius 1 is 1.38 bits per heavy atom. The second-order valence-corrected chi connectivity index (χ2v) is 5.86. The van der Waals surface area contributed by atoms with E-state index < -0.39 is 0 Å². The van der Waals surface area contributed by atoms with Crippen molar-refractivity contribution in [2.75, 3.05) is 7.05 Å². The Morgan fingerprint density at radius 3 is 2.69 bits per heavy atom. The van der Waals surface area contributed by atoms with Crippen molar-refractivity contribution in [2.45, 2.75) is 26.8 Å². The minimum atomic E-state index is 0.381. The van der Waals surface area contributed by atoms with Crippen LogP contribution in [-0.2, 0) is 0 Å². The average Bonchev–Trinajstić information content (AvgIpc) is 2.83. The standard InChI is InChI=1S/C12H16N2S2/c1-7-5-6-15-10(7)12-14-9(3)11(16-12)8(2)13-4/h5-6,8,13H,1-4H3. The highest BCUT2D eigenvalue weighted by molar-refractivity contribution is 7.21. The van der Waals surface area contributed by atoms with E-state index in [0.717, 1.165) is 10.7 Å². The Bertz CT molecular complexity index is 485. The summed E-state index contributed by atoms with van der Waals surface area (Å²) < 4.78 is 0. The van der Waals surface area contributed by atoms with E-state index in [0.29, 0.717) is 6.04 Å². The number of hydrogen-bond acceptors (Lipinski definition) is 4. The van der Waals surface area contributed by atoms with Crippen LogP contribution in [0.25, 0.3) is 9.88 Å². The fraction of sp³-hybridized carbons (Fsp3) is 0.417. The van der Waals surface area contributed by atoms with Gasteiger partial charge in [0.05, 0.1) is 10.6 Å². The largest absolute Gasteiger partial charge is 0.312 e. The van der Waals surface area contributed by atoms with Crippen LogP contribution in [0, 0.1) is 13.8 Å². The van der Waals surface area contributed by atoms with E-state index in [-0.39, 0.29) is 0 Å². The molecule has 1 unspecified atom stereocenters. The SMILES string of the molecule is CNC(C)c1sc(-c2sccc2C)nc1C. The molecular weight excluding hydrogens is 236 g/mol. The molecule has 1 atom stereocenters. The van der Waals surface area contributed by atoms with Gasteiger partial charge in [-0.2, -0.15) is 0 Å². The molecule has 0 fully saturated rings. The zero-order valence-corrected chi connectivity index (χ0v) is 11.6. The van der Waals surface area contributed by atoms with Gasteiger partial charge in [0.1, 0.15) is 5.01 Å². The van der Waals surface area contributed by atoms with E-state index in [1.807, 2.05) is 7.05 Å². The predicted octanol–water partition coefficient (Wildman–Crippen LogP) is 3.77. The fourth-order valence-electron chi connectivity index (χ4n) is 1.63. The Morgan fingerprint density at radius 2 is 2.12 bits per heavy atom. The molecule has 2 aromatic heterocycles. The van der Waals surface area contributed by atoms with Crippen molar-refractivity contribution >= 4 is 22.7 Å². The molecule has 0 aliphatic rings. The monoisotopic (exact) mass is 252 g/mol. The summed E-state index contributed by atoms with van der Waals surface area (Å²) in [5.74, 6) is 0. The van der Waals surface area contributed by atoms with E-state index in [4.69, 9.17) is 0 Å². The van der Waals surface area contributed by atoms with Crippen LogP contribution in [0.1, 0.15) is 29.1 Å². The lowest BCUT2D eigenvalue weighted by Gasteiger charge is -2.06. The first-order chi connectivity index (χ1) is 7.63. The second-order valence-electron chi connectivity index (χ2n) is 3.91. The molecule has 0 aliphatic carbocycles. The highest BCUT2D eigenvalue weighted by Gasteiger charge is 2.15. The zero-order valence-electron chi connectivity index (χ0n) is 10.00. The summed E-state index contributed by atoms with van der Waals surface area (Å²) in [6, 6.07) is 2.53. The zero-order chi connectivity index (χ0) is 11.7. The minimum Gasteiger partial charge on any atom is -0.312 e. The molecule has 0 aromatic carbocycles. The van der Waals surface area contributed by atoms with Gasteiger partial charge in [0.15, 0.2) is 0 Å². The van der Waals surface area contributed by atoms with Gasteiger partial charge >= 0.3 is 0 Å². The van der Waals surface area contributed by atoms with E-state index >= 15 is 0 Å². The van der Waals surface area contributed by atoms with Gasteiger partial charge in [0.25, 0.3) is 0 Å². The maximum Gasteiger partial charge on any atom is 0.134 e. The Hall–Kier alpha value is -0.710. The normalized spacial score (nSPS) is 13.0. The molecular formula is C12H16N2S2. The number of hydrogen-bond donors (Lipinski definition) is 1. The number of aryl methyl sites for hydroxylation is 2. The number of thiophene rings is 1. The first kappa shape index (κ1) is 11.8. The van der Waals surface area contributed by atoms with Crippen molar-refractivity contribution in [1.82, 2.24) is 10.3 Å². The lowest BCUT2D eigenvalue weighted by atomic mass is 10.2. The van der Waals surface area contributed by atoms with Crippen molar-refractivity contribution in [1.29, 1.82) is 0 Å². The molecule has 86 valence electrons. The summed E-state index contributed by atoms with van der Waals surface area (Å²) in [5.41, 5.74) is 2.47. The number of nitrogens with zero attached hydrogens (tertiary/aromatic N) is 1. The lowest BCUT2D eigenvalue weighted by molar-refractivity contribution is 0.658. The maximum atomic E-state index is 4.67. The van der Waals surface area contributed by atoms with Gasteiger partial charge in [-0.3, -0.25) is 0 Å². The predicted molar refractivity (Wildman–Crippen MR) is 72.4 cm³/mol. The van der Waals surface area contributed by atoms with Gasteiger partial charge in [-0.15, -0.1) is 22.7 Å². The van der Waals surface area contributed by atoms with Crippen LogP contribution in [0.3, 0.4) is 0 Å². The number of rotatable bonds is 3. The van der Waals surface area contributed by atoms with Crippen LogP contribution in [0.2, 0.25) is 0 Å². The van der Waals surface area contributed by atoms with Crippen LogP contribution >= 0.6 is 22.7 Å². The van der Waals surface area contributed by atoms with Gasteiger partial charge in [-0.05, 0) is 44.8 Å². The van der Waals surface area contributed by atoms with Crippen molar-refractivity contribution < 1.29 is 0 Å². The van der Waals surface area contributed by atoms with Gasteiger partial charge in [0.2, 0.25) is 0 Å². The molecule has 2 heterocycles. The molecule has 0 aliphatic heterocycles. The van der Waals surface area contributed by atoms with Gasteiger partial charge in [-0.25, -0.2) is 4.98 Å². The molecule has 2 aromatic rings. The van der Waals surface area contributed by atoms with Crippen molar-refractivity contribution in [2.24, 2.45) is 0 Å². The molecule has 0 saturated heterocycles. The Labute approximate surface area is 104 Å². The number of thiazole rings is 1. The third-order valence-electron chi connectivity index (χ3n) is 2.72. The van der Waals surface area contributed by atoms with Crippen LogP contribution in [0.15, 0.2) is 11.4 Å². The topological polar surface area (TPSA) is 24.9 Å². The summed E-state index contributed by atoms with van der Waals surface area (Å²) in [7, 11) is 1.99. The molecule has 0 amide bonds. The van der Waals surface area contributed by atoms with E-state index in [1.165, 1.54) is 15.3 Å². The third-order valence-corrected chi connectivity index (χ3v) is 5.23. The molecule has 2 rings (SSSR count). The third kappa shape index (κ3) is 2.05. The average molecular weight is 252 g/mol. The number of nitrogens with one attached hydrogen (secondary N) is 1. The molecule has 4 heteroatoms. The quantitative estimate of drug-likeness (QED) is 0.899. The molecule has 0 bridgehead atoms.